The van der Waals surface area contributed by atoms with Crippen LogP contribution in [0.1, 0.15) is 40.0 Å². The van der Waals surface area contributed by atoms with Gasteiger partial charge in [-0.15, -0.1) is 0 Å². The molecular formula is C8H18O2. The highest BCUT2D eigenvalue weighted by Gasteiger charge is 1.81. The van der Waals surface area contributed by atoms with Crippen molar-refractivity contribution in [2.45, 2.75) is 46.1 Å². The highest BCUT2D eigenvalue weighted by molar-refractivity contribution is 5.48. The summed E-state index contributed by atoms with van der Waals surface area (Å²) in [5, 5.41) is 8.36. The van der Waals surface area contributed by atoms with E-state index in [0.29, 0.717) is 6.42 Å². The van der Waals surface area contributed by atoms with Gasteiger partial charge in [-0.05, 0) is 19.8 Å². The standard InChI is InChI=1S/C4H10O.C4H8O/c1-3-4(2)5;1-2-3-4-5/h4-5H,3H2,1-2H3;4H,2-3H2,1H3. The Bertz CT molecular complexity index is 60.3. The molecule has 1 unspecified atom stereocenters. The predicted molar refractivity (Wildman–Crippen MR) is 42.9 cm³/mol. The summed E-state index contributed by atoms with van der Waals surface area (Å²) in [6, 6.07) is 0. The van der Waals surface area contributed by atoms with Gasteiger partial charge in [0.25, 0.3) is 0 Å². The van der Waals surface area contributed by atoms with Gasteiger partial charge in [0.1, 0.15) is 6.29 Å². The SMILES string of the molecule is CCC(C)O.CCCC=O. The minimum atomic E-state index is -0.116. The van der Waals surface area contributed by atoms with Gasteiger partial charge >= 0.3 is 0 Å². The fourth-order valence-electron chi connectivity index (χ4n) is 0.118. The molecule has 0 aliphatic rings. The Kier molecular flexibility index (Phi) is 14.1. The van der Waals surface area contributed by atoms with E-state index in [4.69, 9.17) is 5.11 Å². The van der Waals surface area contributed by atoms with Gasteiger partial charge < -0.3 is 9.90 Å². The molecule has 1 atom stereocenters. The average Bonchev–Trinajstić information content (AvgIpc) is 1.91. The molecule has 0 aromatic carbocycles. The minimum absolute atomic E-state index is 0.116. The summed E-state index contributed by atoms with van der Waals surface area (Å²) in [4.78, 5) is 9.40. The van der Waals surface area contributed by atoms with Crippen molar-refractivity contribution in [1.82, 2.24) is 0 Å². The molecule has 0 spiro atoms. The summed E-state index contributed by atoms with van der Waals surface area (Å²) in [6.45, 7) is 5.71. The summed E-state index contributed by atoms with van der Waals surface area (Å²) in [6.07, 6.45) is 3.36. The molecule has 1 N–H and O–H groups in total. The van der Waals surface area contributed by atoms with Crippen molar-refractivity contribution < 1.29 is 9.90 Å². The first kappa shape index (κ1) is 12.3. The number of aliphatic hydroxyl groups excluding tert-OH is 1. The van der Waals surface area contributed by atoms with Gasteiger partial charge in [0.2, 0.25) is 0 Å². The number of carbonyl (C=O) groups is 1. The molecule has 0 aliphatic heterocycles. The van der Waals surface area contributed by atoms with E-state index in [1.54, 1.807) is 6.92 Å². The molecule has 10 heavy (non-hydrogen) atoms. The van der Waals surface area contributed by atoms with E-state index in [1.807, 2.05) is 13.8 Å². The normalized spacial score (nSPS) is 11.2. The van der Waals surface area contributed by atoms with Gasteiger partial charge in [-0.2, -0.15) is 0 Å². The van der Waals surface area contributed by atoms with Gasteiger partial charge in [0, 0.05) is 6.42 Å². The quantitative estimate of drug-likeness (QED) is 0.616. The number of unbranched alkanes of at least 4 members (excludes halogenated alkanes) is 1. The lowest BCUT2D eigenvalue weighted by Gasteiger charge is -1.90. The van der Waals surface area contributed by atoms with E-state index < -0.39 is 0 Å². The first-order valence-corrected chi connectivity index (χ1v) is 3.80. The molecule has 0 aromatic heterocycles. The van der Waals surface area contributed by atoms with E-state index in [0.717, 1.165) is 19.1 Å². The fraction of sp³-hybridized carbons (Fsp3) is 0.875. The Hall–Kier alpha value is -0.370. The van der Waals surface area contributed by atoms with E-state index in [-0.39, 0.29) is 6.10 Å². The molecule has 0 heterocycles. The summed E-state index contributed by atoms with van der Waals surface area (Å²) in [5.41, 5.74) is 0. The number of aliphatic hydroxyl groups is 1. The van der Waals surface area contributed by atoms with Gasteiger partial charge in [0.15, 0.2) is 0 Å². The van der Waals surface area contributed by atoms with Crippen LogP contribution in [0.15, 0.2) is 0 Å². The monoisotopic (exact) mass is 146 g/mol. The predicted octanol–water partition coefficient (Wildman–Crippen LogP) is 1.76. The van der Waals surface area contributed by atoms with Crippen molar-refractivity contribution in [3.8, 4) is 0 Å². The highest BCUT2D eigenvalue weighted by Crippen LogP contribution is 1.81. The van der Waals surface area contributed by atoms with Crippen molar-refractivity contribution in [2.24, 2.45) is 0 Å². The van der Waals surface area contributed by atoms with Crippen LogP contribution < -0.4 is 0 Å². The molecule has 0 radical (unpaired) electrons. The smallest absolute Gasteiger partial charge is 0.119 e. The number of hydrogen-bond donors (Lipinski definition) is 1. The van der Waals surface area contributed by atoms with Crippen molar-refractivity contribution in [3.05, 3.63) is 0 Å². The highest BCUT2D eigenvalue weighted by atomic mass is 16.3. The number of carbonyl (C=O) groups excluding carboxylic acids is 1. The fourth-order valence-corrected chi connectivity index (χ4v) is 0.118. The molecule has 0 rings (SSSR count). The molecule has 0 aliphatic carbocycles. The molecule has 62 valence electrons. The molecule has 0 saturated heterocycles. The van der Waals surface area contributed by atoms with Crippen LogP contribution in [0.5, 0.6) is 0 Å². The average molecular weight is 146 g/mol. The lowest BCUT2D eigenvalue weighted by molar-refractivity contribution is -0.107. The largest absolute Gasteiger partial charge is 0.393 e. The Labute approximate surface area is 63.3 Å². The van der Waals surface area contributed by atoms with Crippen LogP contribution in [0.3, 0.4) is 0 Å². The molecule has 0 fully saturated rings. The van der Waals surface area contributed by atoms with Crippen LogP contribution in [0.2, 0.25) is 0 Å². The first-order valence-electron chi connectivity index (χ1n) is 3.80. The molecule has 0 aromatic rings. The Morgan fingerprint density at radius 1 is 1.50 bits per heavy atom. The summed E-state index contributed by atoms with van der Waals surface area (Å²) in [5.74, 6) is 0. The maximum absolute atomic E-state index is 9.40. The Balaban J connectivity index is 0. The van der Waals surface area contributed by atoms with Crippen LogP contribution in [0.25, 0.3) is 0 Å². The number of hydrogen-bond acceptors (Lipinski definition) is 2. The van der Waals surface area contributed by atoms with Gasteiger partial charge in [-0.1, -0.05) is 13.8 Å². The lowest BCUT2D eigenvalue weighted by atomic mass is 10.3. The molecule has 0 bridgehead atoms. The zero-order chi connectivity index (χ0) is 8.41. The maximum Gasteiger partial charge on any atom is 0.119 e. The second kappa shape index (κ2) is 11.4. The summed E-state index contributed by atoms with van der Waals surface area (Å²) >= 11 is 0. The van der Waals surface area contributed by atoms with E-state index in [9.17, 15) is 4.79 Å². The Morgan fingerprint density at radius 2 is 1.90 bits per heavy atom. The minimum Gasteiger partial charge on any atom is -0.393 e. The van der Waals surface area contributed by atoms with Crippen LogP contribution in [0.4, 0.5) is 0 Å². The van der Waals surface area contributed by atoms with E-state index >= 15 is 0 Å². The van der Waals surface area contributed by atoms with Gasteiger partial charge in [-0.3, -0.25) is 0 Å². The molecular weight excluding hydrogens is 128 g/mol. The van der Waals surface area contributed by atoms with Crippen molar-refractivity contribution in [3.63, 3.8) is 0 Å². The number of aldehydes is 1. The van der Waals surface area contributed by atoms with Crippen LogP contribution in [-0.4, -0.2) is 17.5 Å². The van der Waals surface area contributed by atoms with Crippen LogP contribution in [0, 0.1) is 0 Å². The lowest BCUT2D eigenvalue weighted by Crippen LogP contribution is -1.93. The van der Waals surface area contributed by atoms with Gasteiger partial charge in [-0.25, -0.2) is 0 Å². The topological polar surface area (TPSA) is 37.3 Å². The second-order valence-electron chi connectivity index (χ2n) is 2.21. The third-order valence-electron chi connectivity index (χ3n) is 0.997. The number of rotatable bonds is 3. The van der Waals surface area contributed by atoms with Crippen molar-refractivity contribution in [2.75, 3.05) is 0 Å². The van der Waals surface area contributed by atoms with Crippen molar-refractivity contribution in [1.29, 1.82) is 0 Å². The summed E-state index contributed by atoms with van der Waals surface area (Å²) in [7, 11) is 0. The second-order valence-corrected chi connectivity index (χ2v) is 2.21. The zero-order valence-corrected chi connectivity index (χ0v) is 7.13. The van der Waals surface area contributed by atoms with Crippen LogP contribution in [-0.2, 0) is 4.79 Å². The first-order chi connectivity index (χ1) is 4.68. The van der Waals surface area contributed by atoms with E-state index in [2.05, 4.69) is 0 Å². The van der Waals surface area contributed by atoms with Gasteiger partial charge in [0.05, 0.1) is 6.10 Å². The molecule has 0 saturated carbocycles. The molecule has 2 nitrogen and oxygen atoms in total. The third kappa shape index (κ3) is 25.5. The van der Waals surface area contributed by atoms with Crippen LogP contribution >= 0.6 is 0 Å². The third-order valence-corrected chi connectivity index (χ3v) is 0.997. The maximum atomic E-state index is 9.40. The van der Waals surface area contributed by atoms with Crippen molar-refractivity contribution >= 4 is 6.29 Å². The Morgan fingerprint density at radius 3 is 1.90 bits per heavy atom. The zero-order valence-electron chi connectivity index (χ0n) is 7.13. The molecule has 0 amide bonds. The summed E-state index contributed by atoms with van der Waals surface area (Å²) < 4.78 is 0. The molecule has 2 heteroatoms. The van der Waals surface area contributed by atoms with E-state index in [1.165, 1.54) is 0 Å².